The van der Waals surface area contributed by atoms with Gasteiger partial charge in [0.15, 0.2) is 5.75 Å². The van der Waals surface area contributed by atoms with Crippen LogP contribution in [-0.4, -0.2) is 41.1 Å². The molecule has 0 bridgehead atoms. The van der Waals surface area contributed by atoms with Gasteiger partial charge in [-0.05, 0) is 5.56 Å². The van der Waals surface area contributed by atoms with Crippen LogP contribution in [0, 0.1) is 11.3 Å². The summed E-state index contributed by atoms with van der Waals surface area (Å²) in [7, 11) is 0. The number of nitriles is 1. The molecule has 1 atom stereocenters. The summed E-state index contributed by atoms with van der Waals surface area (Å²) >= 11 is 0. The zero-order chi connectivity index (χ0) is 16.9. The second-order valence-electron chi connectivity index (χ2n) is 5.85. The lowest BCUT2D eigenvalue weighted by Crippen LogP contribution is -2.47. The molecule has 1 saturated heterocycles. The van der Waals surface area contributed by atoms with E-state index in [0.717, 1.165) is 38.0 Å². The van der Waals surface area contributed by atoms with Gasteiger partial charge in [-0.1, -0.05) is 30.3 Å². The summed E-state index contributed by atoms with van der Waals surface area (Å²) in [6.45, 7) is 3.64. The molecule has 0 radical (unpaired) electrons. The molecule has 1 N–H and O–H groups in total. The molecule has 6 heteroatoms. The normalized spacial score (nSPS) is 17.3. The molecule has 0 aliphatic carbocycles. The van der Waals surface area contributed by atoms with Crippen LogP contribution in [0.15, 0.2) is 51.9 Å². The third-order valence-corrected chi connectivity index (χ3v) is 4.26. The summed E-state index contributed by atoms with van der Waals surface area (Å²) in [5.74, 6) is 0.162. The quantitative estimate of drug-likeness (QED) is 0.922. The molecule has 1 unspecified atom stereocenters. The van der Waals surface area contributed by atoms with E-state index in [1.807, 2.05) is 30.3 Å². The van der Waals surface area contributed by atoms with Gasteiger partial charge in [0.1, 0.15) is 18.1 Å². The van der Waals surface area contributed by atoms with Crippen LogP contribution < -0.4 is 5.43 Å². The summed E-state index contributed by atoms with van der Waals surface area (Å²) in [4.78, 5) is 15.8. The maximum Gasteiger partial charge on any atom is 0.226 e. The van der Waals surface area contributed by atoms with E-state index >= 15 is 0 Å². The van der Waals surface area contributed by atoms with Gasteiger partial charge in [0.05, 0.1) is 12.6 Å². The molecular formula is C18H19N3O3. The minimum Gasteiger partial charge on any atom is -0.502 e. The highest BCUT2D eigenvalue weighted by molar-refractivity contribution is 5.24. The van der Waals surface area contributed by atoms with E-state index in [1.54, 1.807) is 0 Å². The second kappa shape index (κ2) is 7.30. The van der Waals surface area contributed by atoms with Gasteiger partial charge in [0.25, 0.3) is 0 Å². The molecule has 1 aliphatic heterocycles. The Bertz CT molecular complexity index is 774. The van der Waals surface area contributed by atoms with Crippen molar-refractivity contribution in [2.45, 2.75) is 12.6 Å². The van der Waals surface area contributed by atoms with E-state index in [4.69, 9.17) is 4.42 Å². The lowest BCUT2D eigenvalue weighted by atomic mass is 10.1. The van der Waals surface area contributed by atoms with E-state index in [0.29, 0.717) is 12.3 Å². The van der Waals surface area contributed by atoms with Gasteiger partial charge in [0, 0.05) is 32.2 Å². The largest absolute Gasteiger partial charge is 0.502 e. The van der Waals surface area contributed by atoms with Crippen LogP contribution >= 0.6 is 0 Å². The first-order chi connectivity index (χ1) is 11.7. The molecule has 1 aromatic carbocycles. The Morgan fingerprint density at radius 1 is 1.21 bits per heavy atom. The Morgan fingerprint density at radius 2 is 1.92 bits per heavy atom. The molecule has 124 valence electrons. The van der Waals surface area contributed by atoms with Gasteiger partial charge in [-0.25, -0.2) is 0 Å². The average molecular weight is 325 g/mol. The van der Waals surface area contributed by atoms with Crippen LogP contribution in [0.5, 0.6) is 5.75 Å². The highest BCUT2D eigenvalue weighted by atomic mass is 16.4. The molecule has 2 heterocycles. The number of aromatic hydroxyl groups is 1. The van der Waals surface area contributed by atoms with Crippen LogP contribution in [0.3, 0.4) is 0 Å². The predicted molar refractivity (Wildman–Crippen MR) is 88.3 cm³/mol. The molecule has 0 amide bonds. The Labute approximate surface area is 140 Å². The van der Waals surface area contributed by atoms with Gasteiger partial charge in [-0.3, -0.25) is 14.6 Å². The van der Waals surface area contributed by atoms with Crippen molar-refractivity contribution < 1.29 is 9.52 Å². The molecule has 3 rings (SSSR count). The van der Waals surface area contributed by atoms with Crippen molar-refractivity contribution in [3.8, 4) is 11.8 Å². The maximum atomic E-state index is 11.4. The third-order valence-electron chi connectivity index (χ3n) is 4.26. The highest BCUT2D eigenvalue weighted by Crippen LogP contribution is 2.21. The summed E-state index contributed by atoms with van der Waals surface area (Å²) in [5, 5.41) is 18.7. The highest BCUT2D eigenvalue weighted by Gasteiger charge is 2.25. The number of hydrogen-bond donors (Lipinski definition) is 1. The third kappa shape index (κ3) is 3.65. The average Bonchev–Trinajstić information content (AvgIpc) is 2.61. The zero-order valence-electron chi connectivity index (χ0n) is 13.3. The van der Waals surface area contributed by atoms with Crippen molar-refractivity contribution in [2.75, 3.05) is 26.2 Å². The van der Waals surface area contributed by atoms with Crippen LogP contribution in [0.2, 0.25) is 0 Å². The van der Waals surface area contributed by atoms with Crippen LogP contribution in [0.25, 0.3) is 0 Å². The fraction of sp³-hybridized carbons (Fsp3) is 0.333. The fourth-order valence-corrected chi connectivity index (χ4v) is 2.93. The van der Waals surface area contributed by atoms with E-state index in [2.05, 4.69) is 15.9 Å². The van der Waals surface area contributed by atoms with E-state index in [1.165, 1.54) is 6.07 Å². The number of hydrogen-bond acceptors (Lipinski definition) is 6. The zero-order valence-corrected chi connectivity index (χ0v) is 13.3. The van der Waals surface area contributed by atoms with Gasteiger partial charge < -0.3 is 9.52 Å². The molecule has 1 aromatic heterocycles. The summed E-state index contributed by atoms with van der Waals surface area (Å²) in [6, 6.07) is 13.3. The Balaban J connectivity index is 1.60. The molecule has 0 spiro atoms. The Kier molecular flexibility index (Phi) is 4.94. The van der Waals surface area contributed by atoms with Crippen molar-refractivity contribution >= 4 is 0 Å². The Hall–Kier alpha value is -2.62. The predicted octanol–water partition coefficient (Wildman–Crippen LogP) is 1.73. The number of nitrogens with zero attached hydrogens (tertiary/aromatic N) is 3. The van der Waals surface area contributed by atoms with Gasteiger partial charge in [-0.15, -0.1) is 0 Å². The van der Waals surface area contributed by atoms with Crippen LogP contribution in [-0.2, 0) is 6.54 Å². The minimum absolute atomic E-state index is 0.236. The number of benzene rings is 1. The van der Waals surface area contributed by atoms with E-state index in [9.17, 15) is 15.2 Å². The van der Waals surface area contributed by atoms with E-state index < -0.39 is 5.43 Å². The first-order valence-corrected chi connectivity index (χ1v) is 7.89. The minimum atomic E-state index is -0.427. The molecule has 2 aromatic rings. The topological polar surface area (TPSA) is 80.7 Å². The fourth-order valence-electron chi connectivity index (χ4n) is 2.93. The van der Waals surface area contributed by atoms with Crippen LogP contribution in [0.4, 0.5) is 0 Å². The SMILES string of the molecule is N#CC(c1ccccc1)N1CCN(Cc2cc(=O)c(O)co2)CC1. The maximum absolute atomic E-state index is 11.4. The van der Waals surface area contributed by atoms with Crippen molar-refractivity contribution in [3.05, 3.63) is 64.2 Å². The first kappa shape index (κ1) is 16.2. The molecule has 1 aliphatic rings. The van der Waals surface area contributed by atoms with E-state index in [-0.39, 0.29) is 11.8 Å². The summed E-state index contributed by atoms with van der Waals surface area (Å²) in [5.41, 5.74) is 0.585. The first-order valence-electron chi connectivity index (χ1n) is 7.89. The molecule has 0 saturated carbocycles. The van der Waals surface area contributed by atoms with Crippen molar-refractivity contribution in [3.63, 3.8) is 0 Å². The standard InChI is InChI=1S/C18H19N3O3/c19-11-16(14-4-2-1-3-5-14)21-8-6-20(7-9-21)12-15-10-17(22)18(23)13-24-15/h1-5,10,13,16,23H,6-9,12H2. The molecule has 24 heavy (non-hydrogen) atoms. The molecule has 6 nitrogen and oxygen atoms in total. The summed E-state index contributed by atoms with van der Waals surface area (Å²) < 4.78 is 5.25. The van der Waals surface area contributed by atoms with Crippen molar-refractivity contribution in [2.24, 2.45) is 0 Å². The van der Waals surface area contributed by atoms with Crippen LogP contribution in [0.1, 0.15) is 17.4 Å². The monoisotopic (exact) mass is 325 g/mol. The number of piperazine rings is 1. The molecular weight excluding hydrogens is 306 g/mol. The Morgan fingerprint density at radius 3 is 2.54 bits per heavy atom. The number of rotatable bonds is 4. The van der Waals surface area contributed by atoms with Gasteiger partial charge in [0.2, 0.25) is 5.43 Å². The smallest absolute Gasteiger partial charge is 0.226 e. The molecule has 1 fully saturated rings. The second-order valence-corrected chi connectivity index (χ2v) is 5.85. The lowest BCUT2D eigenvalue weighted by molar-refractivity contribution is 0.103. The van der Waals surface area contributed by atoms with Gasteiger partial charge >= 0.3 is 0 Å². The van der Waals surface area contributed by atoms with Crippen molar-refractivity contribution in [1.29, 1.82) is 5.26 Å². The van der Waals surface area contributed by atoms with Crippen molar-refractivity contribution in [1.82, 2.24) is 9.80 Å². The van der Waals surface area contributed by atoms with Gasteiger partial charge in [-0.2, -0.15) is 5.26 Å². The summed E-state index contributed by atoms with van der Waals surface area (Å²) in [6.07, 6.45) is 1.08. The lowest BCUT2D eigenvalue weighted by Gasteiger charge is -2.36.